The molecule has 5 heteroatoms. The molecule has 1 aromatic heterocycles. The fourth-order valence-electron chi connectivity index (χ4n) is 1.87. The number of H-pyrrole nitrogens is 1. The highest BCUT2D eigenvalue weighted by Crippen LogP contribution is 2.39. The number of benzene rings is 1. The van der Waals surface area contributed by atoms with Crippen LogP contribution in [0, 0.1) is 10.5 Å². The Morgan fingerprint density at radius 1 is 1.33 bits per heavy atom. The van der Waals surface area contributed by atoms with Crippen LogP contribution in [0.3, 0.4) is 0 Å². The van der Waals surface area contributed by atoms with Crippen LogP contribution in [-0.4, -0.2) is 9.97 Å². The summed E-state index contributed by atoms with van der Waals surface area (Å²) in [5.41, 5.74) is 1.96. The molecule has 1 aromatic carbocycles. The Morgan fingerprint density at radius 2 is 2.11 bits per heavy atom. The first kappa shape index (κ1) is 12.0. The average Bonchev–Trinajstić information content (AvgIpc) is 3.16. The second-order valence-corrected chi connectivity index (χ2v) is 5.70. The molecule has 2 aromatic rings. The lowest BCUT2D eigenvalue weighted by atomic mass is 10.2. The van der Waals surface area contributed by atoms with Crippen LogP contribution in [0.4, 0.5) is 4.39 Å². The molecule has 18 heavy (non-hydrogen) atoms. The molecule has 0 aliphatic heterocycles. The molecule has 0 radical (unpaired) electrons. The van der Waals surface area contributed by atoms with Gasteiger partial charge in [-0.15, -0.1) is 0 Å². The Morgan fingerprint density at radius 3 is 2.78 bits per heavy atom. The van der Waals surface area contributed by atoms with E-state index in [0.29, 0.717) is 20.9 Å². The summed E-state index contributed by atoms with van der Waals surface area (Å²) in [5.74, 6) is 0.998. The number of hydrogen-bond acceptors (Lipinski definition) is 2. The van der Waals surface area contributed by atoms with Crippen LogP contribution in [0.15, 0.2) is 28.7 Å². The third kappa shape index (κ3) is 2.37. The first-order valence-corrected chi connectivity index (χ1v) is 6.90. The zero-order valence-corrected chi connectivity index (χ0v) is 11.8. The topological polar surface area (TPSA) is 28.7 Å². The van der Waals surface area contributed by atoms with Crippen molar-refractivity contribution in [2.75, 3.05) is 0 Å². The summed E-state index contributed by atoms with van der Waals surface area (Å²) < 4.78 is 14.2. The van der Waals surface area contributed by atoms with Crippen molar-refractivity contribution in [1.82, 2.24) is 9.97 Å². The van der Waals surface area contributed by atoms with Crippen molar-refractivity contribution in [2.45, 2.75) is 18.8 Å². The number of halogens is 2. The first-order valence-electron chi connectivity index (χ1n) is 5.70. The Bertz CT molecular complexity index is 664. The standard InChI is InChI=1S/C13H10BrFN2S/c14-9-5-8(3-4-10(9)15)13-16-11(7-1-2-7)6-12(18)17-13/h3-7H,1-2H2,(H,16,17,18). The Balaban J connectivity index is 2.09. The highest BCUT2D eigenvalue weighted by molar-refractivity contribution is 9.10. The smallest absolute Gasteiger partial charge is 0.139 e. The van der Waals surface area contributed by atoms with Crippen LogP contribution in [0.1, 0.15) is 24.5 Å². The van der Waals surface area contributed by atoms with E-state index in [0.717, 1.165) is 11.3 Å². The molecule has 1 N–H and O–H groups in total. The molecule has 0 spiro atoms. The summed E-state index contributed by atoms with van der Waals surface area (Å²) >= 11 is 8.35. The molecule has 1 aliphatic carbocycles. The minimum atomic E-state index is -0.282. The van der Waals surface area contributed by atoms with Gasteiger partial charge < -0.3 is 4.98 Å². The molecule has 0 atom stereocenters. The van der Waals surface area contributed by atoms with E-state index in [-0.39, 0.29) is 5.82 Å². The van der Waals surface area contributed by atoms with E-state index in [1.54, 1.807) is 12.1 Å². The second-order valence-electron chi connectivity index (χ2n) is 4.43. The lowest BCUT2D eigenvalue weighted by Crippen LogP contribution is -1.95. The van der Waals surface area contributed by atoms with Crippen LogP contribution in [0.25, 0.3) is 11.4 Å². The fourth-order valence-corrected chi connectivity index (χ4v) is 2.47. The molecule has 92 valence electrons. The summed E-state index contributed by atoms with van der Waals surface area (Å²) in [4.78, 5) is 7.59. The van der Waals surface area contributed by atoms with Crippen molar-refractivity contribution in [1.29, 1.82) is 0 Å². The zero-order valence-electron chi connectivity index (χ0n) is 9.41. The van der Waals surface area contributed by atoms with Gasteiger partial charge in [0.1, 0.15) is 16.3 Å². The van der Waals surface area contributed by atoms with Gasteiger partial charge in [0.25, 0.3) is 0 Å². The van der Waals surface area contributed by atoms with E-state index < -0.39 is 0 Å². The summed E-state index contributed by atoms with van der Waals surface area (Å²) in [6.45, 7) is 0. The third-order valence-corrected chi connectivity index (χ3v) is 3.79. The van der Waals surface area contributed by atoms with Crippen molar-refractivity contribution < 1.29 is 4.39 Å². The van der Waals surface area contributed by atoms with E-state index in [1.165, 1.54) is 18.9 Å². The van der Waals surface area contributed by atoms with Crippen LogP contribution in [0.2, 0.25) is 0 Å². The highest BCUT2D eigenvalue weighted by Gasteiger charge is 2.24. The number of rotatable bonds is 2. The van der Waals surface area contributed by atoms with Crippen LogP contribution >= 0.6 is 28.1 Å². The normalized spacial score (nSPS) is 14.8. The van der Waals surface area contributed by atoms with Crippen molar-refractivity contribution in [3.8, 4) is 11.4 Å². The minimum Gasteiger partial charge on any atom is -0.343 e. The first-order chi connectivity index (χ1) is 8.63. The van der Waals surface area contributed by atoms with Crippen LogP contribution in [-0.2, 0) is 0 Å². The molecule has 3 rings (SSSR count). The van der Waals surface area contributed by atoms with Gasteiger partial charge in [-0.3, -0.25) is 0 Å². The van der Waals surface area contributed by atoms with Gasteiger partial charge in [-0.25, -0.2) is 9.37 Å². The SMILES string of the molecule is Fc1ccc(-c2nc(=S)cc(C3CC3)[nH]2)cc1Br. The predicted molar refractivity (Wildman–Crippen MR) is 74.5 cm³/mol. The van der Waals surface area contributed by atoms with Gasteiger partial charge in [0, 0.05) is 11.3 Å². The molecule has 1 heterocycles. The van der Waals surface area contributed by atoms with E-state index in [4.69, 9.17) is 12.2 Å². The Kier molecular flexibility index (Phi) is 3.03. The van der Waals surface area contributed by atoms with E-state index in [1.807, 2.05) is 6.07 Å². The predicted octanol–water partition coefficient (Wildman–Crippen LogP) is 4.59. The van der Waals surface area contributed by atoms with Crippen LogP contribution < -0.4 is 0 Å². The molecule has 0 bridgehead atoms. The van der Waals surface area contributed by atoms with E-state index in [2.05, 4.69) is 25.9 Å². The maximum Gasteiger partial charge on any atom is 0.139 e. The van der Waals surface area contributed by atoms with Gasteiger partial charge in [-0.2, -0.15) is 0 Å². The van der Waals surface area contributed by atoms with Gasteiger partial charge in [0.2, 0.25) is 0 Å². The molecular weight excluding hydrogens is 315 g/mol. The van der Waals surface area contributed by atoms with Gasteiger partial charge >= 0.3 is 0 Å². The lowest BCUT2D eigenvalue weighted by Gasteiger charge is -2.06. The summed E-state index contributed by atoms with van der Waals surface area (Å²) in [6, 6.07) is 6.74. The second kappa shape index (κ2) is 4.55. The number of nitrogens with zero attached hydrogens (tertiary/aromatic N) is 1. The largest absolute Gasteiger partial charge is 0.343 e. The molecular formula is C13H10BrFN2S. The molecule has 0 amide bonds. The highest BCUT2D eigenvalue weighted by atomic mass is 79.9. The van der Waals surface area contributed by atoms with Gasteiger partial charge in [0.05, 0.1) is 4.47 Å². The number of hydrogen-bond donors (Lipinski definition) is 1. The minimum absolute atomic E-state index is 0.282. The van der Waals surface area contributed by atoms with Crippen molar-refractivity contribution in [3.63, 3.8) is 0 Å². The van der Waals surface area contributed by atoms with Crippen molar-refractivity contribution in [2.24, 2.45) is 0 Å². The van der Waals surface area contributed by atoms with Crippen molar-refractivity contribution >= 4 is 28.1 Å². The fraction of sp³-hybridized carbons (Fsp3) is 0.231. The average molecular weight is 325 g/mol. The maximum atomic E-state index is 13.2. The molecule has 1 fully saturated rings. The van der Waals surface area contributed by atoms with Gasteiger partial charge in [0.15, 0.2) is 0 Å². The monoisotopic (exact) mass is 324 g/mol. The molecule has 1 saturated carbocycles. The lowest BCUT2D eigenvalue weighted by molar-refractivity contribution is 0.621. The molecule has 1 aliphatic rings. The van der Waals surface area contributed by atoms with Gasteiger partial charge in [-0.05, 0) is 59.0 Å². The zero-order chi connectivity index (χ0) is 12.7. The maximum absolute atomic E-state index is 13.2. The van der Waals surface area contributed by atoms with Crippen molar-refractivity contribution in [3.05, 3.63) is 44.9 Å². The molecule has 0 unspecified atom stereocenters. The van der Waals surface area contributed by atoms with Gasteiger partial charge in [-0.1, -0.05) is 12.2 Å². The summed E-state index contributed by atoms with van der Waals surface area (Å²) in [6.07, 6.45) is 2.39. The summed E-state index contributed by atoms with van der Waals surface area (Å²) in [7, 11) is 0. The van der Waals surface area contributed by atoms with E-state index in [9.17, 15) is 4.39 Å². The molecule has 0 saturated heterocycles. The Labute approximate surface area is 117 Å². The molecule has 2 nitrogen and oxygen atoms in total. The summed E-state index contributed by atoms with van der Waals surface area (Å²) in [5, 5.41) is 0. The quantitative estimate of drug-likeness (QED) is 0.819. The van der Waals surface area contributed by atoms with E-state index >= 15 is 0 Å². The third-order valence-electron chi connectivity index (χ3n) is 2.97. The number of nitrogens with one attached hydrogen (secondary N) is 1. The number of aromatic amines is 1. The van der Waals surface area contributed by atoms with Crippen LogP contribution in [0.5, 0.6) is 0 Å². The Hall–Kier alpha value is -1.07. The number of aromatic nitrogens is 2.